The van der Waals surface area contributed by atoms with Crippen LogP contribution in [0.1, 0.15) is 51.9 Å². The van der Waals surface area contributed by atoms with E-state index in [1.165, 1.54) is 0 Å². The number of carboxylic acid groups (broad SMARTS) is 1. The van der Waals surface area contributed by atoms with Gasteiger partial charge in [-0.3, -0.25) is 4.79 Å². The van der Waals surface area contributed by atoms with E-state index in [-0.39, 0.29) is 19.0 Å². The number of rotatable bonds is 6. The Bertz CT molecular complexity index is 408. The number of nitrogens with zero attached hydrogens (tertiary/aromatic N) is 2. The highest BCUT2D eigenvalue weighted by molar-refractivity contribution is 5.77. The number of hydrogen-bond acceptors (Lipinski definition) is 2. The van der Waals surface area contributed by atoms with Crippen LogP contribution >= 0.6 is 0 Å². The molecule has 5 nitrogen and oxygen atoms in total. The lowest BCUT2D eigenvalue weighted by Gasteiger charge is -2.45. The lowest BCUT2D eigenvalue weighted by atomic mass is 9.78. The molecule has 0 unspecified atom stereocenters. The van der Waals surface area contributed by atoms with Gasteiger partial charge in [-0.25, -0.2) is 4.79 Å². The molecule has 0 aromatic rings. The Kier molecular flexibility index (Phi) is 6.54. The van der Waals surface area contributed by atoms with Gasteiger partial charge in [-0.05, 0) is 19.3 Å². The van der Waals surface area contributed by atoms with E-state index in [2.05, 4.69) is 5.92 Å². The maximum Gasteiger partial charge on any atom is 0.321 e. The van der Waals surface area contributed by atoms with Gasteiger partial charge in [0.1, 0.15) is 0 Å². The third-order valence-corrected chi connectivity index (χ3v) is 4.31. The van der Waals surface area contributed by atoms with Crippen LogP contribution in [0.25, 0.3) is 0 Å². The van der Waals surface area contributed by atoms with Crippen molar-refractivity contribution in [2.75, 3.05) is 20.1 Å². The van der Waals surface area contributed by atoms with Crippen LogP contribution < -0.4 is 0 Å². The zero-order chi connectivity index (χ0) is 15.9. The smallest absolute Gasteiger partial charge is 0.321 e. The molecule has 0 saturated heterocycles. The average molecular weight is 294 g/mol. The molecule has 118 valence electrons. The van der Waals surface area contributed by atoms with Crippen molar-refractivity contribution in [2.45, 2.75) is 57.4 Å². The first-order valence-electron chi connectivity index (χ1n) is 7.65. The third kappa shape index (κ3) is 4.38. The fourth-order valence-electron chi connectivity index (χ4n) is 3.16. The second-order valence-corrected chi connectivity index (χ2v) is 5.82. The number of urea groups is 1. The second kappa shape index (κ2) is 7.92. The van der Waals surface area contributed by atoms with E-state index in [1.807, 2.05) is 6.92 Å². The van der Waals surface area contributed by atoms with Crippen molar-refractivity contribution in [3.05, 3.63) is 0 Å². The van der Waals surface area contributed by atoms with Crippen LogP contribution in [0.15, 0.2) is 0 Å². The fourth-order valence-corrected chi connectivity index (χ4v) is 3.16. The first-order valence-corrected chi connectivity index (χ1v) is 7.65. The van der Waals surface area contributed by atoms with E-state index in [0.717, 1.165) is 38.5 Å². The highest BCUT2D eigenvalue weighted by Crippen LogP contribution is 2.36. The largest absolute Gasteiger partial charge is 0.481 e. The summed E-state index contributed by atoms with van der Waals surface area (Å²) in [7, 11) is 1.72. The minimum Gasteiger partial charge on any atom is -0.481 e. The molecule has 2 amide bonds. The van der Waals surface area contributed by atoms with E-state index in [0.29, 0.717) is 6.54 Å². The zero-order valence-corrected chi connectivity index (χ0v) is 13.1. The van der Waals surface area contributed by atoms with Crippen molar-refractivity contribution in [2.24, 2.45) is 0 Å². The number of hydrogen-bond donors (Lipinski definition) is 1. The Morgan fingerprint density at radius 2 is 1.90 bits per heavy atom. The first kappa shape index (κ1) is 17.4. The maximum absolute atomic E-state index is 12.7. The van der Waals surface area contributed by atoms with Crippen molar-refractivity contribution in [3.8, 4) is 12.3 Å². The molecule has 21 heavy (non-hydrogen) atoms. The summed E-state index contributed by atoms with van der Waals surface area (Å²) in [5.74, 6) is 1.66. The van der Waals surface area contributed by atoms with Gasteiger partial charge in [-0.2, -0.15) is 0 Å². The number of carbonyl (C=O) groups is 2. The van der Waals surface area contributed by atoms with Gasteiger partial charge in [0.2, 0.25) is 0 Å². The molecule has 0 spiro atoms. The van der Waals surface area contributed by atoms with Crippen LogP contribution in [0.4, 0.5) is 4.79 Å². The molecule has 0 heterocycles. The van der Waals surface area contributed by atoms with Crippen LogP contribution in [-0.2, 0) is 4.79 Å². The monoisotopic (exact) mass is 294 g/mol. The molecule has 1 rings (SSSR count). The topological polar surface area (TPSA) is 60.9 Å². The van der Waals surface area contributed by atoms with Gasteiger partial charge in [0, 0.05) is 13.6 Å². The van der Waals surface area contributed by atoms with E-state index in [1.54, 1.807) is 16.8 Å². The molecule has 0 aromatic heterocycles. The SMILES string of the molecule is C#CCN(CCC)C(=O)N(C)C1(CC(=O)O)CCCCC1. The number of carboxylic acids is 1. The van der Waals surface area contributed by atoms with Gasteiger partial charge in [0.25, 0.3) is 0 Å². The Morgan fingerprint density at radius 1 is 1.29 bits per heavy atom. The predicted octanol–water partition coefficient (Wildman–Crippen LogP) is 2.56. The van der Waals surface area contributed by atoms with Crippen LogP contribution in [0, 0.1) is 12.3 Å². The summed E-state index contributed by atoms with van der Waals surface area (Å²) in [5.41, 5.74) is -0.568. The molecule has 0 atom stereocenters. The van der Waals surface area contributed by atoms with Gasteiger partial charge >= 0.3 is 12.0 Å². The van der Waals surface area contributed by atoms with Crippen LogP contribution in [0.2, 0.25) is 0 Å². The fraction of sp³-hybridized carbons (Fsp3) is 0.750. The van der Waals surface area contributed by atoms with Crippen LogP contribution in [0.3, 0.4) is 0 Å². The second-order valence-electron chi connectivity index (χ2n) is 5.82. The van der Waals surface area contributed by atoms with Crippen molar-refractivity contribution < 1.29 is 14.7 Å². The molecule has 1 aliphatic carbocycles. The number of aliphatic carboxylic acids is 1. The summed E-state index contributed by atoms with van der Waals surface area (Å²) in [6, 6.07) is -0.155. The lowest BCUT2D eigenvalue weighted by molar-refractivity contribution is -0.140. The van der Waals surface area contributed by atoms with Crippen LogP contribution in [0.5, 0.6) is 0 Å². The molecule has 0 radical (unpaired) electrons. The molecular weight excluding hydrogens is 268 g/mol. The zero-order valence-electron chi connectivity index (χ0n) is 13.1. The van der Waals surface area contributed by atoms with Gasteiger partial charge in [0.05, 0.1) is 18.5 Å². The molecular formula is C16H26N2O3. The van der Waals surface area contributed by atoms with Gasteiger partial charge in [-0.1, -0.05) is 32.1 Å². The molecule has 5 heteroatoms. The quantitative estimate of drug-likeness (QED) is 0.766. The standard InChI is InChI=1S/C16H26N2O3/c1-4-11-18(12-5-2)15(21)17(3)16(13-14(19)20)9-7-6-8-10-16/h1H,5-13H2,2-3H3,(H,19,20). The third-order valence-electron chi connectivity index (χ3n) is 4.31. The lowest BCUT2D eigenvalue weighted by Crippen LogP contribution is -2.56. The van der Waals surface area contributed by atoms with E-state index in [9.17, 15) is 14.7 Å². The van der Waals surface area contributed by atoms with E-state index < -0.39 is 11.5 Å². The van der Waals surface area contributed by atoms with E-state index in [4.69, 9.17) is 6.42 Å². The molecule has 0 aliphatic heterocycles. The average Bonchev–Trinajstić information content (AvgIpc) is 2.45. The van der Waals surface area contributed by atoms with Crippen molar-refractivity contribution in [3.63, 3.8) is 0 Å². The molecule has 1 saturated carbocycles. The summed E-state index contributed by atoms with van der Waals surface area (Å²) >= 11 is 0. The Hall–Kier alpha value is -1.70. The number of terminal acetylenes is 1. The summed E-state index contributed by atoms with van der Waals surface area (Å²) in [6.45, 7) is 2.85. The number of carbonyl (C=O) groups excluding carboxylic acids is 1. The first-order chi connectivity index (χ1) is 9.96. The summed E-state index contributed by atoms with van der Waals surface area (Å²) in [6.07, 6.45) is 10.7. The van der Waals surface area contributed by atoms with Gasteiger partial charge in [0.15, 0.2) is 0 Å². The maximum atomic E-state index is 12.7. The van der Waals surface area contributed by atoms with E-state index >= 15 is 0 Å². The minimum absolute atomic E-state index is 0.00522. The summed E-state index contributed by atoms with van der Waals surface area (Å²) in [4.78, 5) is 27.2. The molecule has 1 aliphatic rings. The molecule has 0 aromatic carbocycles. The molecule has 1 fully saturated rings. The highest BCUT2D eigenvalue weighted by Gasteiger charge is 2.41. The Morgan fingerprint density at radius 3 is 2.38 bits per heavy atom. The van der Waals surface area contributed by atoms with Gasteiger partial charge in [-0.15, -0.1) is 6.42 Å². The normalized spacial score (nSPS) is 16.8. The Labute approximate surface area is 127 Å². The number of amides is 2. The van der Waals surface area contributed by atoms with Gasteiger partial charge < -0.3 is 14.9 Å². The highest BCUT2D eigenvalue weighted by atomic mass is 16.4. The van der Waals surface area contributed by atoms with Crippen LogP contribution in [-0.4, -0.2) is 52.6 Å². The summed E-state index contributed by atoms with van der Waals surface area (Å²) < 4.78 is 0. The summed E-state index contributed by atoms with van der Waals surface area (Å²) in [5, 5.41) is 9.22. The van der Waals surface area contributed by atoms with Crippen molar-refractivity contribution >= 4 is 12.0 Å². The van der Waals surface area contributed by atoms with Crippen molar-refractivity contribution in [1.82, 2.24) is 9.80 Å². The predicted molar refractivity (Wildman–Crippen MR) is 81.9 cm³/mol. The Balaban J connectivity index is 2.92. The minimum atomic E-state index is -0.851. The molecule has 1 N–H and O–H groups in total. The molecule has 0 bridgehead atoms. The van der Waals surface area contributed by atoms with Crippen molar-refractivity contribution in [1.29, 1.82) is 0 Å².